The number of rotatable bonds is 3. The zero-order chi connectivity index (χ0) is 9.68. The summed E-state index contributed by atoms with van der Waals surface area (Å²) in [7, 11) is 0. The molecular weight excluding hydrogens is 182 g/mol. The van der Waals surface area contributed by atoms with E-state index in [1.807, 2.05) is 18.7 Å². The van der Waals surface area contributed by atoms with Crippen molar-refractivity contribution in [3.8, 4) is 12.3 Å². The van der Waals surface area contributed by atoms with Crippen molar-refractivity contribution >= 4 is 17.7 Å². The largest absolute Gasteiger partial charge is 0.342 e. The van der Waals surface area contributed by atoms with Gasteiger partial charge in [-0.15, -0.1) is 6.42 Å². The van der Waals surface area contributed by atoms with Crippen LogP contribution in [0.2, 0.25) is 0 Å². The van der Waals surface area contributed by atoms with Crippen molar-refractivity contribution < 1.29 is 4.79 Å². The van der Waals surface area contributed by atoms with Crippen molar-refractivity contribution in [2.24, 2.45) is 5.92 Å². The van der Waals surface area contributed by atoms with Gasteiger partial charge in [-0.2, -0.15) is 11.8 Å². The van der Waals surface area contributed by atoms with Crippen molar-refractivity contribution in [3.05, 3.63) is 0 Å². The van der Waals surface area contributed by atoms with Crippen molar-refractivity contribution in [1.82, 2.24) is 5.32 Å². The first kappa shape index (κ1) is 10.5. The molecule has 1 heterocycles. The van der Waals surface area contributed by atoms with E-state index in [1.54, 1.807) is 0 Å². The van der Waals surface area contributed by atoms with E-state index in [0.717, 1.165) is 24.3 Å². The Labute approximate surface area is 83.9 Å². The Balaban J connectivity index is 2.35. The number of carbonyl (C=O) groups excluding carboxylic acids is 1. The molecule has 1 rings (SSSR count). The molecule has 0 radical (unpaired) electrons. The fourth-order valence-electron chi connectivity index (χ4n) is 1.29. The number of carbonyl (C=O) groups is 1. The third-order valence-corrected chi connectivity index (χ3v) is 3.39. The van der Waals surface area contributed by atoms with Gasteiger partial charge in [0.05, 0.1) is 6.04 Å². The molecule has 0 aliphatic carbocycles. The molecule has 72 valence electrons. The number of hydrogen-bond donors (Lipinski definition) is 1. The minimum Gasteiger partial charge on any atom is -0.342 e. The molecule has 0 spiro atoms. The second-order valence-electron chi connectivity index (χ2n) is 3.20. The maximum Gasteiger partial charge on any atom is 0.224 e. The summed E-state index contributed by atoms with van der Waals surface area (Å²) in [5.74, 6) is 4.94. The van der Waals surface area contributed by atoms with Gasteiger partial charge in [-0.1, -0.05) is 12.8 Å². The lowest BCUT2D eigenvalue weighted by atomic mass is 10.1. The molecule has 2 nitrogen and oxygen atoms in total. The predicted octanol–water partition coefficient (Wildman–Crippen LogP) is 1.27. The summed E-state index contributed by atoms with van der Waals surface area (Å²) in [6.45, 7) is 1.98. The number of terminal acetylenes is 1. The summed E-state index contributed by atoms with van der Waals surface area (Å²) < 4.78 is 0. The van der Waals surface area contributed by atoms with E-state index < -0.39 is 0 Å². The Kier molecular flexibility index (Phi) is 4.17. The Bertz CT molecular complexity index is 215. The van der Waals surface area contributed by atoms with Crippen LogP contribution in [0.25, 0.3) is 0 Å². The Hall–Kier alpha value is -0.620. The topological polar surface area (TPSA) is 29.1 Å². The first-order valence-electron chi connectivity index (χ1n) is 4.62. The first-order valence-corrected chi connectivity index (χ1v) is 5.77. The Morgan fingerprint density at radius 2 is 2.62 bits per heavy atom. The highest BCUT2D eigenvalue weighted by molar-refractivity contribution is 7.99. The van der Waals surface area contributed by atoms with Gasteiger partial charge < -0.3 is 5.32 Å². The van der Waals surface area contributed by atoms with E-state index in [1.165, 1.54) is 0 Å². The van der Waals surface area contributed by atoms with Crippen LogP contribution in [0, 0.1) is 18.3 Å². The highest BCUT2D eigenvalue weighted by atomic mass is 32.2. The minimum atomic E-state index is -0.0851. The van der Waals surface area contributed by atoms with Crippen LogP contribution in [-0.2, 0) is 4.79 Å². The number of thioether (sulfide) groups is 1. The molecule has 0 aromatic carbocycles. The van der Waals surface area contributed by atoms with Crippen LogP contribution >= 0.6 is 11.8 Å². The number of amides is 1. The van der Waals surface area contributed by atoms with Gasteiger partial charge in [0.2, 0.25) is 5.91 Å². The molecule has 0 aromatic heterocycles. The molecule has 2 atom stereocenters. The van der Waals surface area contributed by atoms with Gasteiger partial charge in [-0.25, -0.2) is 0 Å². The van der Waals surface area contributed by atoms with Crippen LogP contribution < -0.4 is 5.32 Å². The third kappa shape index (κ3) is 2.96. The smallest absolute Gasteiger partial charge is 0.224 e. The van der Waals surface area contributed by atoms with Gasteiger partial charge in [0, 0.05) is 11.7 Å². The van der Waals surface area contributed by atoms with Crippen LogP contribution in [0.15, 0.2) is 0 Å². The zero-order valence-corrected chi connectivity index (χ0v) is 8.69. The standard InChI is InChI=1S/C10H15NOS/c1-3-9(4-2)11-10(12)8-5-6-13-7-8/h1,8-9H,4-7H2,2H3,(H,11,12). The van der Waals surface area contributed by atoms with Crippen LogP contribution in [0.1, 0.15) is 19.8 Å². The molecule has 0 bridgehead atoms. The lowest BCUT2D eigenvalue weighted by molar-refractivity contribution is -0.124. The van der Waals surface area contributed by atoms with E-state index >= 15 is 0 Å². The third-order valence-electron chi connectivity index (χ3n) is 2.23. The summed E-state index contributed by atoms with van der Waals surface area (Å²) in [5.41, 5.74) is 0. The van der Waals surface area contributed by atoms with Gasteiger partial charge >= 0.3 is 0 Å². The molecule has 1 saturated heterocycles. The molecular formula is C10H15NOS. The second kappa shape index (κ2) is 5.18. The lowest BCUT2D eigenvalue weighted by Gasteiger charge is -2.13. The van der Waals surface area contributed by atoms with E-state index in [-0.39, 0.29) is 17.9 Å². The normalized spacial score (nSPS) is 23.5. The predicted molar refractivity (Wildman–Crippen MR) is 56.5 cm³/mol. The van der Waals surface area contributed by atoms with Gasteiger partial charge in [0.15, 0.2) is 0 Å². The molecule has 0 saturated carbocycles. The van der Waals surface area contributed by atoms with Gasteiger partial charge in [0.1, 0.15) is 0 Å². The molecule has 13 heavy (non-hydrogen) atoms. The summed E-state index contributed by atoms with van der Waals surface area (Å²) in [5, 5.41) is 2.87. The van der Waals surface area contributed by atoms with E-state index in [4.69, 9.17) is 6.42 Å². The number of nitrogens with one attached hydrogen (secondary N) is 1. The lowest BCUT2D eigenvalue weighted by Crippen LogP contribution is -2.37. The highest BCUT2D eigenvalue weighted by Crippen LogP contribution is 2.23. The molecule has 1 aliphatic heterocycles. The van der Waals surface area contributed by atoms with Gasteiger partial charge in [0.25, 0.3) is 0 Å². The first-order chi connectivity index (χ1) is 6.27. The maximum atomic E-state index is 11.6. The maximum absolute atomic E-state index is 11.6. The molecule has 1 aliphatic rings. The Morgan fingerprint density at radius 1 is 1.85 bits per heavy atom. The minimum absolute atomic E-state index is 0.0851. The molecule has 0 aromatic rings. The molecule has 2 unspecified atom stereocenters. The summed E-state index contributed by atoms with van der Waals surface area (Å²) in [4.78, 5) is 11.6. The van der Waals surface area contributed by atoms with Crippen molar-refractivity contribution in [2.45, 2.75) is 25.8 Å². The van der Waals surface area contributed by atoms with Crippen LogP contribution in [-0.4, -0.2) is 23.5 Å². The zero-order valence-electron chi connectivity index (χ0n) is 7.88. The average Bonchev–Trinajstić information content (AvgIpc) is 2.66. The molecule has 3 heteroatoms. The monoisotopic (exact) mass is 197 g/mol. The average molecular weight is 197 g/mol. The fourth-order valence-corrected chi connectivity index (χ4v) is 2.51. The number of hydrogen-bond acceptors (Lipinski definition) is 2. The van der Waals surface area contributed by atoms with Gasteiger partial charge in [-0.05, 0) is 18.6 Å². The Morgan fingerprint density at radius 3 is 3.08 bits per heavy atom. The van der Waals surface area contributed by atoms with Crippen molar-refractivity contribution in [1.29, 1.82) is 0 Å². The van der Waals surface area contributed by atoms with Crippen molar-refractivity contribution in [3.63, 3.8) is 0 Å². The summed E-state index contributed by atoms with van der Waals surface area (Å²) in [6.07, 6.45) is 7.07. The summed E-state index contributed by atoms with van der Waals surface area (Å²) in [6, 6.07) is -0.0851. The molecule has 1 fully saturated rings. The van der Waals surface area contributed by atoms with Crippen molar-refractivity contribution in [2.75, 3.05) is 11.5 Å². The molecule has 1 N–H and O–H groups in total. The van der Waals surface area contributed by atoms with E-state index in [0.29, 0.717) is 0 Å². The van der Waals surface area contributed by atoms with E-state index in [2.05, 4.69) is 11.2 Å². The van der Waals surface area contributed by atoms with Crippen LogP contribution in [0.5, 0.6) is 0 Å². The van der Waals surface area contributed by atoms with Crippen LogP contribution in [0.4, 0.5) is 0 Å². The summed E-state index contributed by atoms with van der Waals surface area (Å²) >= 11 is 1.84. The van der Waals surface area contributed by atoms with E-state index in [9.17, 15) is 4.79 Å². The highest BCUT2D eigenvalue weighted by Gasteiger charge is 2.23. The SMILES string of the molecule is C#CC(CC)NC(=O)C1CCSC1. The van der Waals surface area contributed by atoms with Gasteiger partial charge in [-0.3, -0.25) is 4.79 Å². The quantitative estimate of drug-likeness (QED) is 0.690. The fraction of sp³-hybridized carbons (Fsp3) is 0.700. The second-order valence-corrected chi connectivity index (χ2v) is 4.35. The molecule has 1 amide bonds. The van der Waals surface area contributed by atoms with Crippen LogP contribution in [0.3, 0.4) is 0 Å².